The van der Waals surface area contributed by atoms with Gasteiger partial charge >= 0.3 is 0 Å². The van der Waals surface area contributed by atoms with Crippen molar-refractivity contribution in [3.63, 3.8) is 0 Å². The molecule has 0 saturated carbocycles. The Morgan fingerprint density at radius 1 is 0.667 bits per heavy atom. The smallest absolute Gasteiger partial charge is 0.0348 e. The maximum absolute atomic E-state index is 2.20. The van der Waals surface area contributed by atoms with Crippen molar-refractivity contribution in [2.24, 2.45) is 0 Å². The number of hydrogen-bond donors (Lipinski definition) is 0. The van der Waals surface area contributed by atoms with Crippen LogP contribution in [0.5, 0.6) is 0 Å². The monoisotopic (exact) mass is 210 g/mol. The van der Waals surface area contributed by atoms with Crippen LogP contribution < -0.4 is 0 Å². The highest BCUT2D eigenvalue weighted by Gasteiger charge is 2.09. The molecule has 0 atom stereocenters. The lowest BCUT2D eigenvalue weighted by atomic mass is 10.1. The lowest BCUT2D eigenvalue weighted by Crippen LogP contribution is -1.70. The van der Waals surface area contributed by atoms with Crippen LogP contribution in [0.1, 0.15) is 0 Å². The van der Waals surface area contributed by atoms with Crippen LogP contribution in [-0.4, -0.2) is 0 Å². The highest BCUT2D eigenvalue weighted by molar-refractivity contribution is 7.13. The van der Waals surface area contributed by atoms with E-state index >= 15 is 0 Å². The third kappa shape index (κ3) is 1.45. The third-order valence-electron chi connectivity index (χ3n) is 2.58. The first kappa shape index (κ1) is 8.69. The van der Waals surface area contributed by atoms with Gasteiger partial charge in [0, 0.05) is 4.88 Å². The first-order chi connectivity index (χ1) is 7.45. The SMILES string of the molecule is c1ccc2ccc(-c3cccs3)c-2cc1. The molecule has 0 amide bonds. The van der Waals surface area contributed by atoms with Gasteiger partial charge in [-0.2, -0.15) is 0 Å². The second-order valence-corrected chi connectivity index (χ2v) is 4.45. The summed E-state index contributed by atoms with van der Waals surface area (Å²) < 4.78 is 0. The number of rotatable bonds is 1. The standard InChI is InChI=1S/C14H10S/c1-2-5-11-8-9-13(12(11)6-3-1)14-7-4-10-15-14/h1-10H. The molecule has 72 valence electrons. The molecule has 1 aromatic rings. The van der Waals surface area contributed by atoms with Crippen LogP contribution in [0.15, 0.2) is 60.0 Å². The summed E-state index contributed by atoms with van der Waals surface area (Å²) in [5.74, 6) is 0. The molecule has 3 rings (SSSR count). The van der Waals surface area contributed by atoms with Gasteiger partial charge in [-0.1, -0.05) is 48.5 Å². The molecule has 0 nitrogen and oxygen atoms in total. The minimum absolute atomic E-state index is 1.31. The van der Waals surface area contributed by atoms with E-state index in [4.69, 9.17) is 0 Å². The zero-order valence-corrected chi connectivity index (χ0v) is 9.00. The van der Waals surface area contributed by atoms with E-state index in [9.17, 15) is 0 Å². The Kier molecular flexibility index (Phi) is 2.04. The van der Waals surface area contributed by atoms with Gasteiger partial charge in [0.1, 0.15) is 0 Å². The fourth-order valence-electron chi connectivity index (χ4n) is 1.86. The summed E-state index contributed by atoms with van der Waals surface area (Å²) >= 11 is 1.79. The molecule has 0 radical (unpaired) electrons. The molecule has 2 aliphatic rings. The first-order valence-corrected chi connectivity index (χ1v) is 5.85. The van der Waals surface area contributed by atoms with Crippen molar-refractivity contribution in [2.45, 2.75) is 0 Å². The summed E-state index contributed by atoms with van der Waals surface area (Å²) in [5, 5.41) is 2.12. The quantitative estimate of drug-likeness (QED) is 0.554. The van der Waals surface area contributed by atoms with Crippen molar-refractivity contribution < 1.29 is 0 Å². The van der Waals surface area contributed by atoms with E-state index in [-0.39, 0.29) is 0 Å². The van der Waals surface area contributed by atoms with Crippen molar-refractivity contribution in [3.05, 3.63) is 60.0 Å². The van der Waals surface area contributed by atoms with Crippen LogP contribution in [-0.2, 0) is 0 Å². The molecule has 15 heavy (non-hydrogen) atoms. The maximum atomic E-state index is 2.20. The second kappa shape index (κ2) is 3.52. The summed E-state index contributed by atoms with van der Waals surface area (Å²) in [6, 6.07) is 19.3. The molecule has 0 aromatic carbocycles. The fraction of sp³-hybridized carbons (Fsp3) is 0. The number of hydrogen-bond acceptors (Lipinski definition) is 1. The first-order valence-electron chi connectivity index (χ1n) is 4.97. The van der Waals surface area contributed by atoms with E-state index in [1.807, 2.05) is 0 Å². The minimum Gasteiger partial charge on any atom is -0.144 e. The summed E-state index contributed by atoms with van der Waals surface area (Å²) in [6.45, 7) is 0. The molecule has 0 saturated heterocycles. The largest absolute Gasteiger partial charge is 0.144 e. The van der Waals surface area contributed by atoms with Crippen molar-refractivity contribution in [1.29, 1.82) is 0 Å². The highest BCUT2D eigenvalue weighted by Crippen LogP contribution is 2.36. The minimum atomic E-state index is 1.31. The molecule has 0 aliphatic heterocycles. The Labute approximate surface area is 93.2 Å². The van der Waals surface area contributed by atoms with Gasteiger partial charge in [0.05, 0.1) is 0 Å². The van der Waals surface area contributed by atoms with E-state index in [1.54, 1.807) is 11.3 Å². The lowest BCUT2D eigenvalue weighted by Gasteiger charge is -1.97. The number of fused-ring (bicyclic) bond motifs is 1. The Morgan fingerprint density at radius 3 is 2.47 bits per heavy atom. The molecule has 2 aliphatic carbocycles. The van der Waals surface area contributed by atoms with E-state index < -0.39 is 0 Å². The maximum Gasteiger partial charge on any atom is 0.0348 e. The molecule has 1 heteroatoms. The van der Waals surface area contributed by atoms with Gasteiger partial charge < -0.3 is 0 Å². The van der Waals surface area contributed by atoms with E-state index in [2.05, 4.69) is 60.0 Å². The lowest BCUT2D eigenvalue weighted by molar-refractivity contribution is 1.82. The Bertz CT molecular complexity index is 537. The molecule has 0 bridgehead atoms. The summed E-state index contributed by atoms with van der Waals surface area (Å²) in [6.07, 6.45) is 0. The van der Waals surface area contributed by atoms with Crippen molar-refractivity contribution in [1.82, 2.24) is 0 Å². The predicted octanol–water partition coefficient (Wildman–Crippen LogP) is 4.52. The molecular weight excluding hydrogens is 200 g/mol. The van der Waals surface area contributed by atoms with Crippen LogP contribution >= 0.6 is 11.3 Å². The normalized spacial score (nSPS) is 10.7. The van der Waals surface area contributed by atoms with E-state index in [1.165, 1.54) is 21.6 Å². The van der Waals surface area contributed by atoms with Crippen LogP contribution in [0.4, 0.5) is 0 Å². The Hall–Kier alpha value is -1.60. The number of thiophene rings is 1. The predicted molar refractivity (Wildman–Crippen MR) is 66.4 cm³/mol. The Morgan fingerprint density at radius 2 is 1.60 bits per heavy atom. The van der Waals surface area contributed by atoms with E-state index in [0.717, 1.165) is 0 Å². The van der Waals surface area contributed by atoms with Gasteiger partial charge in [-0.3, -0.25) is 0 Å². The zero-order chi connectivity index (χ0) is 10.1. The molecule has 0 N–H and O–H groups in total. The zero-order valence-electron chi connectivity index (χ0n) is 8.18. The van der Waals surface area contributed by atoms with Crippen LogP contribution in [0, 0.1) is 0 Å². The molecule has 1 heterocycles. The third-order valence-corrected chi connectivity index (χ3v) is 3.48. The molecular formula is C14H10S. The molecule has 1 aromatic heterocycles. The summed E-state index contributed by atoms with van der Waals surface area (Å²) in [4.78, 5) is 1.34. The van der Waals surface area contributed by atoms with E-state index in [0.29, 0.717) is 0 Å². The van der Waals surface area contributed by atoms with Gasteiger partial charge in [0.25, 0.3) is 0 Å². The summed E-state index contributed by atoms with van der Waals surface area (Å²) in [5.41, 5.74) is 3.99. The van der Waals surface area contributed by atoms with Crippen molar-refractivity contribution in [3.8, 4) is 21.6 Å². The fourth-order valence-corrected chi connectivity index (χ4v) is 2.63. The average molecular weight is 210 g/mol. The average Bonchev–Trinajstić information content (AvgIpc) is 2.83. The van der Waals surface area contributed by atoms with Gasteiger partial charge in [-0.25, -0.2) is 0 Å². The topological polar surface area (TPSA) is 0 Å². The summed E-state index contributed by atoms with van der Waals surface area (Å²) in [7, 11) is 0. The highest BCUT2D eigenvalue weighted by atomic mass is 32.1. The van der Waals surface area contributed by atoms with Crippen molar-refractivity contribution in [2.75, 3.05) is 0 Å². The molecule has 0 unspecified atom stereocenters. The van der Waals surface area contributed by atoms with Crippen LogP contribution in [0.25, 0.3) is 21.6 Å². The van der Waals surface area contributed by atoms with Crippen LogP contribution in [0.2, 0.25) is 0 Å². The van der Waals surface area contributed by atoms with Gasteiger partial charge in [-0.15, -0.1) is 11.3 Å². The van der Waals surface area contributed by atoms with Gasteiger partial charge in [0.15, 0.2) is 0 Å². The Balaban J connectivity index is 2.25. The second-order valence-electron chi connectivity index (χ2n) is 3.50. The molecule has 0 spiro atoms. The molecule has 0 fully saturated rings. The van der Waals surface area contributed by atoms with Gasteiger partial charge in [0.2, 0.25) is 0 Å². The van der Waals surface area contributed by atoms with Crippen molar-refractivity contribution >= 4 is 11.3 Å². The van der Waals surface area contributed by atoms with Gasteiger partial charge in [-0.05, 0) is 28.1 Å². The van der Waals surface area contributed by atoms with Crippen LogP contribution in [0.3, 0.4) is 0 Å².